The van der Waals surface area contributed by atoms with Crippen LogP contribution in [0.5, 0.6) is 0 Å². The number of aryl methyl sites for hydroxylation is 1. The Morgan fingerprint density at radius 1 is 1.17 bits per heavy atom. The van der Waals surface area contributed by atoms with E-state index in [0.29, 0.717) is 42.7 Å². The van der Waals surface area contributed by atoms with Gasteiger partial charge in [0.25, 0.3) is 5.91 Å². The number of fused-ring (bicyclic) bond motifs is 1. The maximum absolute atomic E-state index is 12.7. The topological polar surface area (TPSA) is 99.4 Å². The van der Waals surface area contributed by atoms with Gasteiger partial charge in [-0.2, -0.15) is 10.1 Å². The molecule has 2 saturated heterocycles. The second-order valence-corrected chi connectivity index (χ2v) is 9.97. The van der Waals surface area contributed by atoms with Gasteiger partial charge in [-0.25, -0.2) is 4.98 Å². The summed E-state index contributed by atoms with van der Waals surface area (Å²) in [5.41, 5.74) is -0.540. The van der Waals surface area contributed by atoms with Crippen LogP contribution < -0.4 is 10.2 Å². The first-order valence-electron chi connectivity index (χ1n) is 10.2. The Bertz CT molecular complexity index is 1000. The first-order valence-corrected chi connectivity index (χ1v) is 10.5. The highest BCUT2D eigenvalue weighted by Crippen LogP contribution is 2.54. The molecule has 5 rings (SSSR count). The van der Waals surface area contributed by atoms with Crippen LogP contribution in [0.4, 0.5) is 17.5 Å². The molecule has 2 aliphatic heterocycles. The Morgan fingerprint density at radius 3 is 2.40 bits per heavy atom. The summed E-state index contributed by atoms with van der Waals surface area (Å²) >= 11 is 6.47. The van der Waals surface area contributed by atoms with Crippen LogP contribution in [0.15, 0.2) is 18.6 Å². The number of halogens is 1. The molecule has 0 spiro atoms. The van der Waals surface area contributed by atoms with Crippen molar-refractivity contribution in [2.75, 3.05) is 36.4 Å². The molecule has 2 atom stereocenters. The summed E-state index contributed by atoms with van der Waals surface area (Å²) < 4.78 is 1.70. The van der Waals surface area contributed by atoms with Gasteiger partial charge in [-0.3, -0.25) is 9.48 Å². The quantitative estimate of drug-likeness (QED) is 0.761. The molecule has 4 heterocycles. The number of aliphatic hydroxyl groups is 1. The van der Waals surface area contributed by atoms with Gasteiger partial charge < -0.3 is 20.2 Å². The van der Waals surface area contributed by atoms with Crippen LogP contribution in [0.2, 0.25) is 5.02 Å². The third-order valence-corrected chi connectivity index (χ3v) is 7.28. The lowest BCUT2D eigenvalue weighted by molar-refractivity contribution is -0.141. The molecule has 0 unspecified atom stereocenters. The van der Waals surface area contributed by atoms with Crippen molar-refractivity contribution in [2.24, 2.45) is 17.9 Å². The summed E-state index contributed by atoms with van der Waals surface area (Å²) in [4.78, 5) is 25.7. The normalized spacial score (nSPS) is 29.2. The Balaban J connectivity index is 1.36. The van der Waals surface area contributed by atoms with E-state index in [1.165, 1.54) is 0 Å². The number of amides is 1. The number of nitrogens with zero attached hydrogens (tertiary/aromatic N) is 6. The molecule has 2 N–H and O–H groups in total. The van der Waals surface area contributed by atoms with E-state index >= 15 is 0 Å². The number of hydrogen-bond donors (Lipinski definition) is 2. The van der Waals surface area contributed by atoms with Gasteiger partial charge in [-0.1, -0.05) is 25.4 Å². The molecular weight excluding hydrogens is 406 g/mol. The maximum atomic E-state index is 12.7. The molecule has 0 bridgehead atoms. The van der Waals surface area contributed by atoms with E-state index in [9.17, 15) is 9.90 Å². The molecule has 3 aliphatic rings. The number of aromatic nitrogens is 4. The standard InChI is InChI=1S/C20H26ClN7O2/c1-18-9-27(10-19(18,2)12-28(11-18)16(29)20(30)4-5-20)15-14(21)7-22-17(25-15)24-13-6-23-26(3)8-13/h6-8,30H,4-5,9-12H2,1-3H3,(H,22,24,25)/t18-,19+. The van der Waals surface area contributed by atoms with E-state index < -0.39 is 5.60 Å². The van der Waals surface area contributed by atoms with Crippen molar-refractivity contribution in [3.63, 3.8) is 0 Å². The highest BCUT2D eigenvalue weighted by Gasteiger charge is 2.61. The molecule has 3 fully saturated rings. The SMILES string of the molecule is Cn1cc(Nc2ncc(Cl)c(N3C[C@]4(C)CN(C(=O)C5(O)CC5)C[C@]4(C)C3)n2)cn1. The van der Waals surface area contributed by atoms with Gasteiger partial charge in [0.2, 0.25) is 5.95 Å². The highest BCUT2D eigenvalue weighted by molar-refractivity contribution is 6.32. The lowest BCUT2D eigenvalue weighted by Gasteiger charge is -2.29. The summed E-state index contributed by atoms with van der Waals surface area (Å²) in [6, 6.07) is 0. The second-order valence-electron chi connectivity index (χ2n) is 9.56. The van der Waals surface area contributed by atoms with Crippen LogP contribution in [0.1, 0.15) is 26.7 Å². The van der Waals surface area contributed by atoms with Crippen molar-refractivity contribution in [3.8, 4) is 0 Å². The molecule has 0 radical (unpaired) electrons. The smallest absolute Gasteiger partial charge is 0.254 e. The zero-order valence-electron chi connectivity index (χ0n) is 17.4. The fraction of sp³-hybridized carbons (Fsp3) is 0.600. The fourth-order valence-corrected chi connectivity index (χ4v) is 5.05. The number of hydrogen-bond acceptors (Lipinski definition) is 7. The van der Waals surface area contributed by atoms with Gasteiger partial charge in [-0.15, -0.1) is 0 Å². The van der Waals surface area contributed by atoms with E-state index in [4.69, 9.17) is 11.6 Å². The third kappa shape index (κ3) is 3.02. The van der Waals surface area contributed by atoms with Crippen LogP contribution in [-0.2, 0) is 11.8 Å². The third-order valence-electron chi connectivity index (χ3n) is 7.01. The average Bonchev–Trinajstić information content (AvgIpc) is 3.09. The van der Waals surface area contributed by atoms with E-state index in [2.05, 4.69) is 39.1 Å². The van der Waals surface area contributed by atoms with Crippen LogP contribution in [-0.4, -0.2) is 67.4 Å². The van der Waals surface area contributed by atoms with Gasteiger partial charge in [-0.05, 0) is 12.8 Å². The Kier molecular flexibility index (Phi) is 4.11. The Morgan fingerprint density at radius 2 is 1.83 bits per heavy atom. The number of likely N-dealkylation sites (tertiary alicyclic amines) is 1. The molecule has 1 amide bonds. The molecule has 10 heteroatoms. The van der Waals surface area contributed by atoms with Gasteiger partial charge in [0.1, 0.15) is 10.6 Å². The summed E-state index contributed by atoms with van der Waals surface area (Å²) in [5, 5.41) is 18.1. The van der Waals surface area contributed by atoms with Gasteiger partial charge in [0.05, 0.1) is 18.1 Å². The van der Waals surface area contributed by atoms with Crippen molar-refractivity contribution in [3.05, 3.63) is 23.6 Å². The molecule has 0 aromatic carbocycles. The van der Waals surface area contributed by atoms with Crippen LogP contribution >= 0.6 is 11.6 Å². The first-order chi connectivity index (χ1) is 14.1. The van der Waals surface area contributed by atoms with Gasteiger partial charge >= 0.3 is 0 Å². The van der Waals surface area contributed by atoms with Crippen molar-refractivity contribution >= 4 is 35.0 Å². The van der Waals surface area contributed by atoms with E-state index in [0.717, 1.165) is 18.8 Å². The zero-order valence-corrected chi connectivity index (χ0v) is 18.1. The minimum atomic E-state index is -1.12. The molecule has 9 nitrogen and oxygen atoms in total. The van der Waals surface area contributed by atoms with E-state index in [-0.39, 0.29) is 16.7 Å². The van der Waals surface area contributed by atoms with Crippen molar-refractivity contribution in [2.45, 2.75) is 32.3 Å². The van der Waals surface area contributed by atoms with Gasteiger partial charge in [0.15, 0.2) is 5.82 Å². The minimum Gasteiger partial charge on any atom is -0.380 e. The predicted molar refractivity (Wildman–Crippen MR) is 113 cm³/mol. The predicted octanol–water partition coefficient (Wildman–Crippen LogP) is 1.81. The van der Waals surface area contributed by atoms with Crippen LogP contribution in [0.3, 0.4) is 0 Å². The molecule has 2 aromatic rings. The molecule has 1 saturated carbocycles. The lowest BCUT2D eigenvalue weighted by atomic mass is 9.71. The number of carbonyl (C=O) groups is 1. The number of rotatable bonds is 4. The Labute approximate surface area is 180 Å². The fourth-order valence-electron chi connectivity index (χ4n) is 4.84. The number of carbonyl (C=O) groups excluding carboxylic acids is 1. The largest absolute Gasteiger partial charge is 0.380 e. The summed E-state index contributed by atoms with van der Waals surface area (Å²) in [6.45, 7) is 7.14. The summed E-state index contributed by atoms with van der Waals surface area (Å²) in [7, 11) is 1.85. The van der Waals surface area contributed by atoms with Gasteiger partial charge in [0, 0.05) is 50.3 Å². The minimum absolute atomic E-state index is 0.112. The maximum Gasteiger partial charge on any atom is 0.254 e. The van der Waals surface area contributed by atoms with Crippen LogP contribution in [0.25, 0.3) is 0 Å². The second kappa shape index (κ2) is 6.31. The van der Waals surface area contributed by atoms with E-state index in [1.807, 2.05) is 18.1 Å². The number of anilines is 3. The molecule has 2 aromatic heterocycles. The first kappa shape index (κ1) is 19.6. The van der Waals surface area contributed by atoms with Crippen molar-refractivity contribution in [1.82, 2.24) is 24.6 Å². The van der Waals surface area contributed by atoms with Crippen molar-refractivity contribution < 1.29 is 9.90 Å². The zero-order chi connectivity index (χ0) is 21.3. The molecule has 30 heavy (non-hydrogen) atoms. The monoisotopic (exact) mass is 431 g/mol. The molecule has 160 valence electrons. The van der Waals surface area contributed by atoms with Crippen molar-refractivity contribution in [1.29, 1.82) is 0 Å². The summed E-state index contributed by atoms with van der Waals surface area (Å²) in [6.07, 6.45) is 6.31. The average molecular weight is 432 g/mol. The number of nitrogens with one attached hydrogen (secondary N) is 1. The Hall–Kier alpha value is -2.39. The highest BCUT2D eigenvalue weighted by atomic mass is 35.5. The molecular formula is C20H26ClN7O2. The van der Waals surface area contributed by atoms with E-state index in [1.54, 1.807) is 17.1 Å². The summed E-state index contributed by atoms with van der Waals surface area (Å²) in [5.74, 6) is 1.03. The van der Waals surface area contributed by atoms with Crippen LogP contribution in [0, 0.1) is 10.8 Å². The molecule has 1 aliphatic carbocycles. The lowest BCUT2D eigenvalue weighted by Crippen LogP contribution is -2.42.